The Balaban J connectivity index is 2.51. The number of hydrogen-bond acceptors (Lipinski definition) is 13. The van der Waals surface area contributed by atoms with Gasteiger partial charge in [0, 0.05) is 64.3 Å². The second-order valence-corrected chi connectivity index (χ2v) is 17.3. The molecule has 0 aliphatic rings. The molecular weight excluding hydrogens is 923 g/mol. The molecule has 0 bridgehead atoms. The first kappa shape index (κ1) is 60.8. The molecule has 1 rings (SSSR count). The molecule has 0 aliphatic carbocycles. The Hall–Kier alpha value is -6.24. The number of hydrogen-bond donors (Lipinski definition) is 12. The van der Waals surface area contributed by atoms with E-state index in [1.807, 2.05) is 24.3 Å². The summed E-state index contributed by atoms with van der Waals surface area (Å²) >= 11 is 5.48. The van der Waals surface area contributed by atoms with Gasteiger partial charge in [0.2, 0.25) is 5.91 Å². The number of aliphatic carboxylic acids is 4. The van der Waals surface area contributed by atoms with Gasteiger partial charge in [-0.2, -0.15) is 0 Å². The van der Waals surface area contributed by atoms with E-state index in [0.29, 0.717) is 63.4 Å². The molecule has 69 heavy (non-hydrogen) atoms. The lowest BCUT2D eigenvalue weighted by Gasteiger charge is -2.34. The minimum Gasteiger partial charge on any atom is -0.512 e. The molecule has 23 nitrogen and oxygen atoms in total. The van der Waals surface area contributed by atoms with Gasteiger partial charge < -0.3 is 67.2 Å². The molecule has 12 N–H and O–H groups in total. The van der Waals surface area contributed by atoms with Crippen molar-refractivity contribution in [2.45, 2.75) is 95.2 Å². The van der Waals surface area contributed by atoms with Gasteiger partial charge >= 0.3 is 36.0 Å². The van der Waals surface area contributed by atoms with Crippen LogP contribution in [0, 0.1) is 0 Å². The maximum atomic E-state index is 12.7. The zero-order chi connectivity index (χ0) is 51.9. The number of thiocarbonyl (C=S) groups is 1. The maximum Gasteiger partial charge on any atom is 0.407 e. The smallest absolute Gasteiger partial charge is 0.407 e. The molecule has 0 saturated carbocycles. The lowest BCUT2D eigenvalue weighted by atomic mass is 10.0. The zero-order valence-electron chi connectivity index (χ0n) is 39.7. The Labute approximate surface area is 408 Å². The van der Waals surface area contributed by atoms with Gasteiger partial charge in [0.15, 0.2) is 5.11 Å². The van der Waals surface area contributed by atoms with E-state index in [0.717, 1.165) is 36.9 Å². The molecule has 0 saturated heterocycles. The number of rotatable bonds is 38. The first-order chi connectivity index (χ1) is 32.6. The van der Waals surface area contributed by atoms with Crippen molar-refractivity contribution < 1.29 is 69.3 Å². The number of benzene rings is 1. The van der Waals surface area contributed by atoms with Gasteiger partial charge in [0.25, 0.3) is 0 Å². The summed E-state index contributed by atoms with van der Waals surface area (Å²) in [6.45, 7) is 9.16. The van der Waals surface area contributed by atoms with Crippen LogP contribution in [0.15, 0.2) is 48.9 Å². The number of carboxylic acid groups (broad SMARTS) is 5. The van der Waals surface area contributed by atoms with Crippen molar-refractivity contribution in [3.8, 4) is 0 Å². The van der Waals surface area contributed by atoms with Crippen molar-refractivity contribution in [3.63, 3.8) is 0 Å². The summed E-state index contributed by atoms with van der Waals surface area (Å²) in [5, 5.41) is 80.3. The summed E-state index contributed by atoms with van der Waals surface area (Å²) in [7, 11) is 3.50. The third-order valence-electron chi connectivity index (χ3n) is 10.6. The maximum absolute atomic E-state index is 12.7. The van der Waals surface area contributed by atoms with E-state index in [4.69, 9.17) is 17.3 Å². The molecule has 0 aliphatic heterocycles. The summed E-state index contributed by atoms with van der Waals surface area (Å²) < 4.78 is 0. The van der Waals surface area contributed by atoms with E-state index in [9.17, 15) is 64.2 Å². The van der Waals surface area contributed by atoms with Crippen molar-refractivity contribution in [1.29, 1.82) is 0 Å². The van der Waals surface area contributed by atoms with E-state index >= 15 is 0 Å². The SMILES string of the molecule is C=C(O)CN(C)CCN(CCN(C(=O)O)C(Cc1ccc(NC(=S)NCCCCCCCC(=O)NCCCC[C@H](NC(=O)NC(CCC(=O)O)C(=O)O)C(=O)O)cc1)CN(C)CC(=C)O)CC(=O)O. The van der Waals surface area contributed by atoms with Crippen LogP contribution in [0.1, 0.15) is 76.2 Å². The van der Waals surface area contributed by atoms with Crippen LogP contribution < -0.4 is 26.6 Å². The van der Waals surface area contributed by atoms with E-state index in [1.165, 1.54) is 4.90 Å². The Morgan fingerprint density at radius 1 is 0.623 bits per heavy atom. The number of likely N-dealkylation sites (N-methyl/N-ethyl adjacent to an activating group) is 2. The molecule has 0 spiro atoms. The summed E-state index contributed by atoms with van der Waals surface area (Å²) in [6, 6.07) is 2.98. The fourth-order valence-electron chi connectivity index (χ4n) is 7.10. The molecule has 1 aromatic rings. The van der Waals surface area contributed by atoms with Crippen LogP contribution in [0.5, 0.6) is 0 Å². The van der Waals surface area contributed by atoms with Crippen LogP contribution in [0.3, 0.4) is 0 Å². The lowest BCUT2D eigenvalue weighted by molar-refractivity contribution is -0.141. The van der Waals surface area contributed by atoms with E-state index in [-0.39, 0.29) is 69.5 Å². The zero-order valence-corrected chi connectivity index (χ0v) is 40.5. The van der Waals surface area contributed by atoms with Crippen LogP contribution >= 0.6 is 12.2 Å². The van der Waals surface area contributed by atoms with E-state index in [1.54, 1.807) is 28.8 Å². The number of nitrogens with one attached hydrogen (secondary N) is 5. The Bertz CT molecular complexity index is 1840. The molecule has 0 heterocycles. The monoisotopic (exact) mass is 995 g/mol. The first-order valence-corrected chi connectivity index (χ1v) is 23.2. The second-order valence-electron chi connectivity index (χ2n) is 16.8. The van der Waals surface area contributed by atoms with Gasteiger partial charge in [-0.05, 0) is 89.0 Å². The fourth-order valence-corrected chi connectivity index (χ4v) is 7.32. The van der Waals surface area contributed by atoms with E-state index < -0.39 is 60.5 Å². The highest BCUT2D eigenvalue weighted by Gasteiger charge is 2.27. The van der Waals surface area contributed by atoms with Crippen molar-refractivity contribution in [2.75, 3.05) is 84.9 Å². The highest BCUT2D eigenvalue weighted by atomic mass is 32.1. The number of unbranched alkanes of at least 4 members (excludes halogenated alkanes) is 5. The third-order valence-corrected chi connectivity index (χ3v) is 10.8. The minimum absolute atomic E-state index is 0.0204. The number of carbonyl (C=O) groups excluding carboxylic acids is 2. The number of anilines is 1. The average molecular weight is 996 g/mol. The third kappa shape index (κ3) is 30.0. The van der Waals surface area contributed by atoms with Gasteiger partial charge in [-0.3, -0.25) is 29.1 Å². The molecule has 4 amide bonds. The number of urea groups is 1. The van der Waals surface area contributed by atoms with Crippen LogP contribution in [-0.2, 0) is 30.4 Å². The fraction of sp³-hybridized carbons (Fsp3) is 0.600. The highest BCUT2D eigenvalue weighted by molar-refractivity contribution is 7.80. The Morgan fingerprint density at radius 2 is 1.17 bits per heavy atom. The van der Waals surface area contributed by atoms with Gasteiger partial charge in [-0.1, -0.05) is 44.6 Å². The molecule has 3 atom stereocenters. The number of amides is 4. The summed E-state index contributed by atoms with van der Waals surface area (Å²) in [4.78, 5) is 88.8. The summed E-state index contributed by atoms with van der Waals surface area (Å²) in [6.07, 6.45) is 3.65. The largest absolute Gasteiger partial charge is 0.512 e. The van der Waals surface area contributed by atoms with Crippen molar-refractivity contribution in [2.24, 2.45) is 0 Å². The number of aliphatic hydroxyl groups is 2. The minimum atomic E-state index is -1.50. The molecule has 388 valence electrons. The van der Waals surface area contributed by atoms with Gasteiger partial charge in [0.05, 0.1) is 37.2 Å². The van der Waals surface area contributed by atoms with Gasteiger partial charge in [0.1, 0.15) is 12.1 Å². The predicted molar refractivity (Wildman–Crippen MR) is 261 cm³/mol. The number of aliphatic hydroxyl groups excluding tert-OH is 2. The van der Waals surface area contributed by atoms with Crippen LogP contribution in [-0.4, -0.2) is 200 Å². The molecule has 0 aromatic heterocycles. The normalized spacial score (nSPS) is 12.4. The molecule has 0 fully saturated rings. The number of nitrogens with zero attached hydrogens (tertiary/aromatic N) is 4. The summed E-state index contributed by atoms with van der Waals surface area (Å²) in [5.41, 5.74) is 1.56. The quantitative estimate of drug-likeness (QED) is 0.0257. The van der Waals surface area contributed by atoms with Crippen LogP contribution in [0.2, 0.25) is 0 Å². The average Bonchev–Trinajstić information content (AvgIpc) is 3.24. The van der Waals surface area contributed by atoms with Crippen molar-refractivity contribution in [1.82, 2.24) is 40.9 Å². The molecule has 0 radical (unpaired) electrons. The molecule has 1 aromatic carbocycles. The van der Waals surface area contributed by atoms with Crippen LogP contribution in [0.25, 0.3) is 0 Å². The predicted octanol–water partition coefficient (Wildman–Crippen LogP) is 2.96. The number of carbonyl (C=O) groups is 7. The van der Waals surface area contributed by atoms with E-state index in [2.05, 4.69) is 39.7 Å². The standard InChI is InChI=1S/C45H73N9O14S/c1-31(55)27-51(3)22-23-53(30-40(60)61)24-25-54(45(67)68)35(29-52(4)28-32(2)56)26-33-14-16-34(17-15-33)48-44(69)47-21-10-7-5-6-8-13-38(57)46-20-11-9-12-36(41(62)63)49-43(66)50-37(42(64)65)18-19-39(58)59/h14-17,35-37,55-56H,1-2,5-13,18-30H2,3-4H3,(H,46,57)(H,58,59)(H,60,61)(H,62,63)(H,64,65)(H,67,68)(H2,47,48,69)(H2,49,50,66)/t35?,36-,37?/m0/s1. The van der Waals surface area contributed by atoms with Crippen molar-refractivity contribution >= 4 is 64.9 Å². The second kappa shape index (κ2) is 34.1. The van der Waals surface area contributed by atoms with Gasteiger partial charge in [-0.15, -0.1) is 0 Å². The van der Waals surface area contributed by atoms with Crippen molar-refractivity contribution in [3.05, 3.63) is 54.5 Å². The summed E-state index contributed by atoms with van der Waals surface area (Å²) in [5.74, 6) is -5.29. The van der Waals surface area contributed by atoms with Gasteiger partial charge in [-0.25, -0.2) is 19.2 Å². The molecular formula is C45H73N9O14S. The Kier molecular flexibility index (Phi) is 30.0. The van der Waals surface area contributed by atoms with Crippen LogP contribution in [0.4, 0.5) is 15.3 Å². The first-order valence-electron chi connectivity index (χ1n) is 22.7. The molecule has 24 heteroatoms. The lowest BCUT2D eigenvalue weighted by Crippen LogP contribution is -2.51. The number of carboxylic acids is 4. The molecule has 2 unspecified atom stereocenters. The Morgan fingerprint density at radius 3 is 1.75 bits per heavy atom. The highest BCUT2D eigenvalue weighted by Crippen LogP contribution is 2.16. The topological polar surface area (TPSA) is 334 Å².